The van der Waals surface area contributed by atoms with Crippen molar-refractivity contribution in [2.24, 2.45) is 11.8 Å². The number of hydrogen-bond donors (Lipinski definition) is 0. The minimum Gasteiger partial charge on any atom is -0.0936 e. The molecule has 25 heavy (non-hydrogen) atoms. The fourth-order valence-corrected chi connectivity index (χ4v) is 4.43. The SMILES string of the molecule is CCCCCC1CCC(CCc2ccc(S(F)(F)(F)(F)F)cc2)CC1. The first-order valence-electron chi connectivity index (χ1n) is 9.31. The normalized spacial score (nSPS) is 24.6. The van der Waals surface area contributed by atoms with Gasteiger partial charge in [0.25, 0.3) is 0 Å². The third kappa shape index (κ3) is 6.80. The highest BCUT2D eigenvalue weighted by atomic mass is 32.5. The van der Waals surface area contributed by atoms with E-state index in [2.05, 4.69) is 6.92 Å². The molecule has 0 bridgehead atoms. The van der Waals surface area contributed by atoms with Crippen LogP contribution in [0.1, 0.15) is 70.3 Å². The Kier molecular flexibility index (Phi) is 5.82. The molecule has 0 atom stereocenters. The van der Waals surface area contributed by atoms with Crippen LogP contribution in [0.2, 0.25) is 0 Å². The lowest BCUT2D eigenvalue weighted by Crippen LogP contribution is -2.15. The van der Waals surface area contributed by atoms with E-state index in [0.29, 0.717) is 30.0 Å². The summed E-state index contributed by atoms with van der Waals surface area (Å²) in [6, 6.07) is 3.45. The molecule has 1 saturated carbocycles. The molecule has 1 aromatic carbocycles. The molecule has 1 aromatic rings. The van der Waals surface area contributed by atoms with Crippen molar-refractivity contribution < 1.29 is 19.4 Å². The summed E-state index contributed by atoms with van der Waals surface area (Å²) in [6.45, 7) is 2.21. The van der Waals surface area contributed by atoms with Crippen LogP contribution >= 0.6 is 10.2 Å². The molecule has 146 valence electrons. The molecule has 0 aliphatic heterocycles. The molecule has 0 spiro atoms. The Morgan fingerprint density at radius 2 is 1.32 bits per heavy atom. The molecular formula is C19H29F5S. The molecule has 0 heterocycles. The largest absolute Gasteiger partial charge is 0.310 e. The first-order chi connectivity index (χ1) is 11.5. The molecule has 0 saturated heterocycles. The van der Waals surface area contributed by atoms with Crippen LogP contribution in [0.3, 0.4) is 0 Å². The predicted octanol–water partition coefficient (Wildman–Crippen LogP) is 8.66. The van der Waals surface area contributed by atoms with Crippen LogP contribution in [0.4, 0.5) is 19.4 Å². The van der Waals surface area contributed by atoms with Gasteiger partial charge in [-0.25, -0.2) is 0 Å². The summed E-state index contributed by atoms with van der Waals surface area (Å²) < 4.78 is 63.5. The van der Waals surface area contributed by atoms with Crippen LogP contribution in [0, 0.1) is 11.8 Å². The Hall–Kier alpha value is -0.780. The van der Waals surface area contributed by atoms with Crippen molar-refractivity contribution in [3.63, 3.8) is 0 Å². The van der Waals surface area contributed by atoms with Gasteiger partial charge in [-0.2, -0.15) is 0 Å². The van der Waals surface area contributed by atoms with E-state index < -0.39 is 15.1 Å². The van der Waals surface area contributed by atoms with E-state index in [1.165, 1.54) is 63.5 Å². The fourth-order valence-electron chi connectivity index (χ4n) is 3.78. The van der Waals surface area contributed by atoms with Gasteiger partial charge in [-0.15, -0.1) is 0 Å². The monoisotopic (exact) mass is 384 g/mol. The number of halogens is 5. The minimum atomic E-state index is -9.54. The van der Waals surface area contributed by atoms with E-state index >= 15 is 0 Å². The zero-order valence-corrected chi connectivity index (χ0v) is 15.6. The van der Waals surface area contributed by atoms with Crippen molar-refractivity contribution in [2.45, 2.75) is 76.0 Å². The summed E-state index contributed by atoms with van der Waals surface area (Å²) >= 11 is 0. The van der Waals surface area contributed by atoms with E-state index in [1.807, 2.05) is 0 Å². The van der Waals surface area contributed by atoms with E-state index in [-0.39, 0.29) is 0 Å². The Morgan fingerprint density at radius 1 is 0.800 bits per heavy atom. The Bertz CT molecular complexity index is 541. The second-order valence-corrected chi connectivity index (χ2v) is 9.94. The van der Waals surface area contributed by atoms with Gasteiger partial charge in [0.2, 0.25) is 0 Å². The number of rotatable bonds is 8. The third-order valence-electron chi connectivity index (χ3n) is 5.39. The maximum atomic E-state index is 12.7. The number of benzene rings is 1. The zero-order chi connectivity index (χ0) is 18.6. The van der Waals surface area contributed by atoms with Gasteiger partial charge < -0.3 is 0 Å². The summed E-state index contributed by atoms with van der Waals surface area (Å²) in [7, 11) is -9.54. The summed E-state index contributed by atoms with van der Waals surface area (Å²) in [5.74, 6) is 1.44. The molecule has 0 nitrogen and oxygen atoms in total. The quantitative estimate of drug-likeness (QED) is 0.311. The molecule has 0 radical (unpaired) electrons. The lowest BCUT2D eigenvalue weighted by atomic mass is 9.78. The van der Waals surface area contributed by atoms with Gasteiger partial charge in [0.05, 0.1) is 0 Å². The van der Waals surface area contributed by atoms with Crippen molar-refractivity contribution in [3.8, 4) is 0 Å². The maximum Gasteiger partial charge on any atom is 0.310 e. The van der Waals surface area contributed by atoms with Crippen LogP contribution in [-0.2, 0) is 6.42 Å². The fraction of sp³-hybridized carbons (Fsp3) is 0.684. The van der Waals surface area contributed by atoms with Gasteiger partial charge in [0.1, 0.15) is 4.90 Å². The van der Waals surface area contributed by atoms with Gasteiger partial charge >= 0.3 is 10.2 Å². The van der Waals surface area contributed by atoms with Crippen molar-refractivity contribution >= 4 is 10.2 Å². The van der Waals surface area contributed by atoms with Crippen LogP contribution in [0.15, 0.2) is 29.2 Å². The number of unbranched alkanes of at least 4 members (excludes halogenated alkanes) is 2. The molecule has 0 aromatic heterocycles. The molecule has 1 aliphatic rings. The second-order valence-electron chi connectivity index (χ2n) is 7.53. The van der Waals surface area contributed by atoms with Gasteiger partial charge in [0.15, 0.2) is 0 Å². The second kappa shape index (κ2) is 7.09. The van der Waals surface area contributed by atoms with Crippen LogP contribution in [-0.4, -0.2) is 0 Å². The molecule has 2 rings (SSSR count). The lowest BCUT2D eigenvalue weighted by molar-refractivity contribution is 0.249. The van der Waals surface area contributed by atoms with Gasteiger partial charge in [0, 0.05) is 0 Å². The van der Waals surface area contributed by atoms with Gasteiger partial charge in [-0.05, 0) is 42.4 Å². The van der Waals surface area contributed by atoms with Crippen molar-refractivity contribution in [1.82, 2.24) is 0 Å². The highest BCUT2D eigenvalue weighted by Gasteiger charge is 2.65. The van der Waals surface area contributed by atoms with Gasteiger partial charge in [-0.1, -0.05) is 89.9 Å². The summed E-state index contributed by atoms with van der Waals surface area (Å²) in [4.78, 5) is -1.80. The first-order valence-corrected chi connectivity index (χ1v) is 11.3. The number of aryl methyl sites for hydroxylation is 1. The average Bonchev–Trinajstić information content (AvgIpc) is 2.53. The van der Waals surface area contributed by atoms with Crippen LogP contribution < -0.4 is 0 Å². The Morgan fingerprint density at radius 3 is 1.80 bits per heavy atom. The minimum absolute atomic E-state index is 0.529. The molecule has 1 aliphatic carbocycles. The van der Waals surface area contributed by atoms with E-state index in [0.717, 1.165) is 12.3 Å². The predicted molar refractivity (Wildman–Crippen MR) is 95.8 cm³/mol. The van der Waals surface area contributed by atoms with Crippen molar-refractivity contribution in [3.05, 3.63) is 29.8 Å². The summed E-state index contributed by atoms with van der Waals surface area (Å²) in [6.07, 6.45) is 11.6. The molecule has 1 fully saturated rings. The molecule has 6 heteroatoms. The highest BCUT2D eigenvalue weighted by Crippen LogP contribution is 3.02. The van der Waals surface area contributed by atoms with E-state index in [9.17, 15) is 19.4 Å². The average molecular weight is 384 g/mol. The molecule has 0 N–H and O–H groups in total. The standard InChI is InChI=1S/C19H29F5S/c1-2-3-4-5-16-6-8-17(9-7-16)10-11-18-12-14-19(15-13-18)25(20,21,22,23)24/h12-17H,2-11H2,1H3. The summed E-state index contributed by atoms with van der Waals surface area (Å²) in [5, 5.41) is 0. The summed E-state index contributed by atoms with van der Waals surface area (Å²) in [5.41, 5.74) is 0.704. The van der Waals surface area contributed by atoms with Gasteiger partial charge in [-0.3, -0.25) is 0 Å². The third-order valence-corrected chi connectivity index (χ3v) is 6.56. The zero-order valence-electron chi connectivity index (χ0n) is 14.8. The van der Waals surface area contributed by atoms with E-state index in [1.54, 1.807) is 0 Å². The Balaban J connectivity index is 1.78. The molecule has 0 unspecified atom stereocenters. The lowest BCUT2D eigenvalue weighted by Gasteiger charge is -2.40. The first kappa shape index (κ1) is 20.5. The van der Waals surface area contributed by atoms with Crippen molar-refractivity contribution in [1.29, 1.82) is 0 Å². The van der Waals surface area contributed by atoms with Crippen LogP contribution in [0.25, 0.3) is 0 Å². The maximum absolute atomic E-state index is 12.7. The van der Waals surface area contributed by atoms with Crippen molar-refractivity contribution in [2.75, 3.05) is 0 Å². The topological polar surface area (TPSA) is 0 Å². The molecular weight excluding hydrogens is 355 g/mol. The number of hydrogen-bond acceptors (Lipinski definition) is 0. The molecule has 0 amide bonds. The van der Waals surface area contributed by atoms with E-state index in [4.69, 9.17) is 0 Å². The smallest absolute Gasteiger partial charge is 0.0936 e. The Labute approximate surface area is 147 Å². The highest BCUT2D eigenvalue weighted by molar-refractivity contribution is 8.45. The van der Waals surface area contributed by atoms with Crippen LogP contribution in [0.5, 0.6) is 0 Å².